The molecule has 110 valence electrons. The number of amides is 2. The van der Waals surface area contributed by atoms with Crippen LogP contribution in [0.2, 0.25) is 5.02 Å². The number of carboxylic acid groups (broad SMARTS) is 1. The van der Waals surface area contributed by atoms with Gasteiger partial charge in [0.15, 0.2) is 0 Å². The van der Waals surface area contributed by atoms with E-state index in [1.807, 2.05) is 0 Å². The Balaban J connectivity index is 2.57. The van der Waals surface area contributed by atoms with Crippen LogP contribution in [-0.2, 0) is 4.79 Å². The Kier molecular flexibility index (Phi) is 6.29. The molecule has 1 aromatic rings. The molecule has 0 aliphatic rings. The number of benzene rings is 1. The largest absolute Gasteiger partial charge is 0.481 e. The lowest BCUT2D eigenvalue weighted by Crippen LogP contribution is -2.37. The number of halogens is 2. The molecule has 0 saturated heterocycles. The maximum Gasteiger partial charge on any atom is 0.319 e. The van der Waals surface area contributed by atoms with Crippen LogP contribution in [0.15, 0.2) is 22.7 Å². The van der Waals surface area contributed by atoms with E-state index in [2.05, 4.69) is 26.6 Å². The molecule has 1 aromatic carbocycles. The number of carboxylic acids is 1. The SMILES string of the molecule is CC(C)C(CNC(=O)Nc1ccc(Cl)cc1Br)C(=O)O. The normalized spacial score (nSPS) is 12.1. The summed E-state index contributed by atoms with van der Waals surface area (Å²) in [6.45, 7) is 3.67. The van der Waals surface area contributed by atoms with E-state index in [-0.39, 0.29) is 12.5 Å². The second-order valence-corrected chi connectivity index (χ2v) is 5.94. The predicted octanol–water partition coefficient (Wildman–Crippen LogP) is 3.58. The Bertz CT molecular complexity index is 508. The van der Waals surface area contributed by atoms with Crippen LogP contribution >= 0.6 is 27.5 Å². The van der Waals surface area contributed by atoms with E-state index >= 15 is 0 Å². The van der Waals surface area contributed by atoms with Crippen molar-refractivity contribution in [3.05, 3.63) is 27.7 Å². The Morgan fingerprint density at radius 3 is 2.55 bits per heavy atom. The third-order valence-electron chi connectivity index (χ3n) is 2.78. The van der Waals surface area contributed by atoms with E-state index in [9.17, 15) is 9.59 Å². The first-order valence-electron chi connectivity index (χ1n) is 6.04. The summed E-state index contributed by atoms with van der Waals surface area (Å²) in [4.78, 5) is 22.7. The van der Waals surface area contributed by atoms with Gasteiger partial charge in [-0.05, 0) is 40.0 Å². The highest BCUT2D eigenvalue weighted by Crippen LogP contribution is 2.25. The first-order valence-corrected chi connectivity index (χ1v) is 7.21. The third-order valence-corrected chi connectivity index (χ3v) is 3.67. The Labute approximate surface area is 130 Å². The van der Waals surface area contributed by atoms with E-state index in [0.717, 1.165) is 0 Å². The van der Waals surface area contributed by atoms with Gasteiger partial charge in [0.05, 0.1) is 11.6 Å². The lowest BCUT2D eigenvalue weighted by atomic mass is 9.96. The Morgan fingerprint density at radius 1 is 1.40 bits per heavy atom. The van der Waals surface area contributed by atoms with Gasteiger partial charge in [0.25, 0.3) is 0 Å². The molecule has 0 radical (unpaired) electrons. The van der Waals surface area contributed by atoms with Gasteiger partial charge >= 0.3 is 12.0 Å². The minimum absolute atomic E-state index is 0.0601. The fraction of sp³-hybridized carbons (Fsp3) is 0.385. The topological polar surface area (TPSA) is 78.4 Å². The van der Waals surface area contributed by atoms with Crippen molar-refractivity contribution >= 4 is 45.2 Å². The molecule has 0 aliphatic carbocycles. The van der Waals surface area contributed by atoms with Crippen LogP contribution in [0.1, 0.15) is 13.8 Å². The minimum Gasteiger partial charge on any atom is -0.481 e. The highest BCUT2D eigenvalue weighted by Gasteiger charge is 2.22. The molecule has 0 bridgehead atoms. The van der Waals surface area contributed by atoms with Gasteiger partial charge in [-0.25, -0.2) is 4.79 Å². The zero-order valence-electron chi connectivity index (χ0n) is 11.1. The van der Waals surface area contributed by atoms with Crippen molar-refractivity contribution in [3.8, 4) is 0 Å². The van der Waals surface area contributed by atoms with Crippen LogP contribution in [0.4, 0.5) is 10.5 Å². The van der Waals surface area contributed by atoms with Crippen molar-refractivity contribution in [3.63, 3.8) is 0 Å². The zero-order chi connectivity index (χ0) is 15.3. The smallest absolute Gasteiger partial charge is 0.319 e. The van der Waals surface area contributed by atoms with Gasteiger partial charge in [0.2, 0.25) is 0 Å². The average molecular weight is 364 g/mol. The molecule has 3 N–H and O–H groups in total. The molecule has 0 heterocycles. The van der Waals surface area contributed by atoms with Crippen LogP contribution < -0.4 is 10.6 Å². The summed E-state index contributed by atoms with van der Waals surface area (Å²) in [7, 11) is 0. The number of anilines is 1. The molecule has 2 amide bonds. The molecular weight excluding hydrogens is 348 g/mol. The van der Waals surface area contributed by atoms with Gasteiger partial charge in [-0.15, -0.1) is 0 Å². The van der Waals surface area contributed by atoms with Crippen molar-refractivity contribution in [1.29, 1.82) is 0 Å². The maximum atomic E-state index is 11.7. The van der Waals surface area contributed by atoms with Crippen LogP contribution in [0.25, 0.3) is 0 Å². The van der Waals surface area contributed by atoms with Gasteiger partial charge in [-0.1, -0.05) is 25.4 Å². The van der Waals surface area contributed by atoms with Crippen LogP contribution in [0.3, 0.4) is 0 Å². The van der Waals surface area contributed by atoms with Crippen molar-refractivity contribution in [1.82, 2.24) is 5.32 Å². The van der Waals surface area contributed by atoms with E-state index < -0.39 is 17.9 Å². The van der Waals surface area contributed by atoms with Gasteiger partial charge in [-0.3, -0.25) is 4.79 Å². The van der Waals surface area contributed by atoms with Crippen molar-refractivity contribution < 1.29 is 14.7 Å². The highest BCUT2D eigenvalue weighted by molar-refractivity contribution is 9.10. The first-order chi connectivity index (χ1) is 9.31. The fourth-order valence-corrected chi connectivity index (χ4v) is 2.35. The molecule has 0 aliphatic heterocycles. The molecular formula is C13H16BrClN2O3. The number of urea groups is 1. The lowest BCUT2D eigenvalue weighted by molar-refractivity contribution is -0.142. The lowest BCUT2D eigenvalue weighted by Gasteiger charge is -2.17. The van der Waals surface area contributed by atoms with Crippen molar-refractivity contribution in [2.24, 2.45) is 11.8 Å². The van der Waals surface area contributed by atoms with Gasteiger partial charge in [0.1, 0.15) is 0 Å². The van der Waals surface area contributed by atoms with Crippen LogP contribution in [0, 0.1) is 11.8 Å². The standard InChI is InChI=1S/C13H16BrClN2O3/c1-7(2)9(12(18)19)6-16-13(20)17-11-4-3-8(15)5-10(11)14/h3-5,7,9H,6H2,1-2H3,(H,18,19)(H2,16,17,20). The van der Waals surface area contributed by atoms with E-state index in [4.69, 9.17) is 16.7 Å². The highest BCUT2D eigenvalue weighted by atomic mass is 79.9. The second kappa shape index (κ2) is 7.50. The molecule has 7 heteroatoms. The van der Waals surface area contributed by atoms with Crippen LogP contribution in [0.5, 0.6) is 0 Å². The summed E-state index contributed by atoms with van der Waals surface area (Å²) in [6, 6.07) is 4.50. The monoisotopic (exact) mass is 362 g/mol. The first kappa shape index (κ1) is 16.8. The Hall–Kier alpha value is -1.27. The van der Waals surface area contributed by atoms with E-state index in [1.165, 1.54) is 0 Å². The molecule has 0 saturated carbocycles. The van der Waals surface area contributed by atoms with E-state index in [1.54, 1.807) is 32.0 Å². The summed E-state index contributed by atoms with van der Waals surface area (Å²) in [5.74, 6) is -1.60. The molecule has 20 heavy (non-hydrogen) atoms. The number of hydrogen-bond acceptors (Lipinski definition) is 2. The number of carbonyl (C=O) groups is 2. The number of carbonyl (C=O) groups excluding carboxylic acids is 1. The summed E-state index contributed by atoms with van der Waals surface area (Å²) >= 11 is 9.08. The predicted molar refractivity (Wildman–Crippen MR) is 82.1 cm³/mol. The molecule has 0 aromatic heterocycles. The summed E-state index contributed by atoms with van der Waals surface area (Å²) in [5.41, 5.74) is 0.559. The summed E-state index contributed by atoms with van der Waals surface area (Å²) in [6.07, 6.45) is 0. The minimum atomic E-state index is -0.923. The van der Waals surface area contributed by atoms with Crippen LogP contribution in [-0.4, -0.2) is 23.7 Å². The van der Waals surface area contributed by atoms with Crippen molar-refractivity contribution in [2.45, 2.75) is 13.8 Å². The Morgan fingerprint density at radius 2 is 2.05 bits per heavy atom. The fourth-order valence-electron chi connectivity index (χ4n) is 1.57. The zero-order valence-corrected chi connectivity index (χ0v) is 13.5. The van der Waals surface area contributed by atoms with Crippen molar-refractivity contribution in [2.75, 3.05) is 11.9 Å². The second-order valence-electron chi connectivity index (χ2n) is 4.65. The number of hydrogen-bond donors (Lipinski definition) is 3. The quantitative estimate of drug-likeness (QED) is 0.748. The maximum absolute atomic E-state index is 11.7. The molecule has 1 atom stereocenters. The van der Waals surface area contributed by atoms with E-state index in [0.29, 0.717) is 15.2 Å². The average Bonchev–Trinajstić information content (AvgIpc) is 2.32. The summed E-state index contributed by atoms with van der Waals surface area (Å²) in [5, 5.41) is 14.7. The number of aliphatic carboxylic acids is 1. The summed E-state index contributed by atoms with van der Waals surface area (Å²) < 4.78 is 0.652. The molecule has 5 nitrogen and oxygen atoms in total. The van der Waals surface area contributed by atoms with Gasteiger partial charge in [-0.2, -0.15) is 0 Å². The number of nitrogens with one attached hydrogen (secondary N) is 2. The third kappa shape index (κ3) is 5.02. The molecule has 1 unspecified atom stereocenters. The molecule has 0 fully saturated rings. The van der Waals surface area contributed by atoms with Gasteiger partial charge < -0.3 is 15.7 Å². The molecule has 0 spiro atoms. The number of rotatable bonds is 5. The molecule has 1 rings (SSSR count). The van der Waals surface area contributed by atoms with Gasteiger partial charge in [0, 0.05) is 16.0 Å².